The number of ether oxygens (including phenoxy) is 1. The lowest BCUT2D eigenvalue weighted by Gasteiger charge is -2.38. The number of anilines is 1. The Kier molecular flexibility index (Phi) is 6.09. The topological polar surface area (TPSA) is 79.0 Å². The molecule has 5 rings (SSSR count). The second-order valence-electron chi connectivity index (χ2n) is 9.21. The van der Waals surface area contributed by atoms with Crippen molar-refractivity contribution in [2.45, 2.75) is 38.1 Å². The van der Waals surface area contributed by atoms with Crippen molar-refractivity contribution in [1.29, 1.82) is 0 Å². The molecule has 1 N–H and O–H groups in total. The molecule has 34 heavy (non-hydrogen) atoms. The lowest BCUT2D eigenvalue weighted by atomic mass is 9.80. The number of carbonyl (C=O) groups is 3. The van der Waals surface area contributed by atoms with Crippen molar-refractivity contribution < 1.29 is 19.1 Å². The fourth-order valence-electron chi connectivity index (χ4n) is 5.31. The first-order valence-electron chi connectivity index (χ1n) is 11.9. The van der Waals surface area contributed by atoms with Crippen LogP contribution in [-0.4, -0.2) is 42.3 Å². The summed E-state index contributed by atoms with van der Waals surface area (Å²) in [5.41, 5.74) is 4.91. The minimum atomic E-state index is -0.357. The Hall–Kier alpha value is -3.61. The fourth-order valence-corrected chi connectivity index (χ4v) is 5.31. The maximum Gasteiger partial charge on any atom is 0.254 e. The van der Waals surface area contributed by atoms with Crippen LogP contribution >= 0.6 is 0 Å². The summed E-state index contributed by atoms with van der Waals surface area (Å²) in [6.07, 6.45) is 7.73. The zero-order valence-corrected chi connectivity index (χ0v) is 19.3. The Labute approximate surface area is 199 Å². The van der Waals surface area contributed by atoms with Crippen molar-refractivity contribution in [3.8, 4) is 5.75 Å². The molecule has 7 heteroatoms. The monoisotopic (exact) mass is 459 g/mol. The highest BCUT2D eigenvalue weighted by Crippen LogP contribution is 2.33. The predicted octanol–water partition coefficient (Wildman–Crippen LogP) is 3.50. The van der Waals surface area contributed by atoms with Gasteiger partial charge in [-0.3, -0.25) is 19.8 Å². The minimum Gasteiger partial charge on any atom is -0.497 e. The van der Waals surface area contributed by atoms with Gasteiger partial charge in [0.15, 0.2) is 0 Å². The standard InChI is InChI=1S/C27H29N3O4/c1-34-22-11-4-7-18(16-22)15-20-10-6-14-29(20)26(32)19-8-5-9-21(17-19)30-27(33)24-13-3-2-12-23(24)25(31)28-30/h2-5,7-9,11,16-17,20,23-24H,6,10,12-15H2,1H3,(H,28,31). The van der Waals surface area contributed by atoms with Crippen molar-refractivity contribution in [3.63, 3.8) is 0 Å². The fraction of sp³-hybridized carbons (Fsp3) is 0.370. The summed E-state index contributed by atoms with van der Waals surface area (Å²) < 4.78 is 5.34. The third-order valence-electron chi connectivity index (χ3n) is 7.12. The van der Waals surface area contributed by atoms with Crippen molar-refractivity contribution in [3.05, 3.63) is 71.8 Å². The van der Waals surface area contributed by atoms with Gasteiger partial charge in [0.05, 0.1) is 24.6 Å². The predicted molar refractivity (Wildman–Crippen MR) is 128 cm³/mol. The summed E-state index contributed by atoms with van der Waals surface area (Å²) in [5.74, 6) is -0.199. The van der Waals surface area contributed by atoms with E-state index in [2.05, 4.69) is 11.5 Å². The van der Waals surface area contributed by atoms with E-state index < -0.39 is 0 Å². The Morgan fingerprint density at radius 3 is 2.68 bits per heavy atom. The number of nitrogens with one attached hydrogen (secondary N) is 1. The Balaban J connectivity index is 1.34. The molecule has 0 aromatic heterocycles. The molecule has 2 fully saturated rings. The third kappa shape index (κ3) is 4.18. The number of allylic oxidation sites excluding steroid dienone is 2. The van der Waals surface area contributed by atoms with Crippen LogP contribution in [-0.2, 0) is 16.0 Å². The molecule has 2 saturated heterocycles. The van der Waals surface area contributed by atoms with Gasteiger partial charge in [-0.05, 0) is 68.0 Å². The second kappa shape index (κ2) is 9.33. The lowest BCUT2D eigenvalue weighted by Crippen LogP contribution is -2.59. The molecular formula is C27H29N3O4. The van der Waals surface area contributed by atoms with Gasteiger partial charge in [0.1, 0.15) is 5.75 Å². The molecule has 176 valence electrons. The number of hydrogen-bond acceptors (Lipinski definition) is 4. The first-order valence-corrected chi connectivity index (χ1v) is 11.9. The van der Waals surface area contributed by atoms with Crippen LogP contribution in [0.3, 0.4) is 0 Å². The van der Waals surface area contributed by atoms with Crippen molar-refractivity contribution in [1.82, 2.24) is 10.3 Å². The number of hydrogen-bond donors (Lipinski definition) is 1. The summed E-state index contributed by atoms with van der Waals surface area (Å²) in [6, 6.07) is 15.1. The van der Waals surface area contributed by atoms with E-state index in [0.717, 1.165) is 30.6 Å². The third-order valence-corrected chi connectivity index (χ3v) is 7.12. The van der Waals surface area contributed by atoms with E-state index in [9.17, 15) is 14.4 Å². The number of likely N-dealkylation sites (tertiary alicyclic amines) is 1. The summed E-state index contributed by atoms with van der Waals surface area (Å²) in [7, 11) is 1.65. The average molecular weight is 460 g/mol. The minimum absolute atomic E-state index is 0.0542. The number of nitrogens with zero attached hydrogens (tertiary/aromatic N) is 2. The first-order chi connectivity index (χ1) is 16.5. The van der Waals surface area contributed by atoms with E-state index in [-0.39, 0.29) is 35.6 Å². The van der Waals surface area contributed by atoms with Crippen LogP contribution in [0.2, 0.25) is 0 Å². The maximum absolute atomic E-state index is 13.5. The normalized spacial score (nSPS) is 24.1. The molecule has 2 heterocycles. The highest BCUT2D eigenvalue weighted by molar-refractivity contribution is 6.05. The molecule has 1 aliphatic carbocycles. The number of rotatable bonds is 5. The van der Waals surface area contributed by atoms with Gasteiger partial charge in [0.2, 0.25) is 11.8 Å². The van der Waals surface area contributed by atoms with Gasteiger partial charge in [0, 0.05) is 18.2 Å². The molecule has 3 aliphatic rings. The van der Waals surface area contributed by atoms with Crippen LogP contribution in [0, 0.1) is 11.8 Å². The van der Waals surface area contributed by atoms with E-state index in [1.165, 1.54) is 5.01 Å². The highest BCUT2D eigenvalue weighted by atomic mass is 16.5. The van der Waals surface area contributed by atoms with Gasteiger partial charge in [0.25, 0.3) is 5.91 Å². The molecule has 3 amide bonds. The van der Waals surface area contributed by atoms with Gasteiger partial charge >= 0.3 is 0 Å². The average Bonchev–Trinajstić information content (AvgIpc) is 3.34. The van der Waals surface area contributed by atoms with Crippen LogP contribution < -0.4 is 15.2 Å². The van der Waals surface area contributed by atoms with Crippen LogP contribution in [0.5, 0.6) is 5.75 Å². The van der Waals surface area contributed by atoms with Gasteiger partial charge < -0.3 is 9.64 Å². The molecule has 0 saturated carbocycles. The highest BCUT2D eigenvalue weighted by Gasteiger charge is 2.42. The van der Waals surface area contributed by atoms with E-state index in [1.54, 1.807) is 31.4 Å². The molecule has 2 aromatic rings. The number of fused-ring (bicyclic) bond motifs is 1. The van der Waals surface area contributed by atoms with E-state index in [4.69, 9.17) is 4.74 Å². The molecule has 0 spiro atoms. The van der Waals surface area contributed by atoms with Crippen molar-refractivity contribution >= 4 is 23.4 Å². The van der Waals surface area contributed by atoms with Gasteiger partial charge in [-0.15, -0.1) is 0 Å². The molecular weight excluding hydrogens is 430 g/mol. The quantitative estimate of drug-likeness (QED) is 0.694. The first kappa shape index (κ1) is 22.2. The summed E-state index contributed by atoms with van der Waals surface area (Å²) >= 11 is 0. The molecule has 0 bridgehead atoms. The van der Waals surface area contributed by atoms with Crippen molar-refractivity contribution in [2.75, 3.05) is 18.7 Å². The van der Waals surface area contributed by atoms with Crippen LogP contribution in [0.15, 0.2) is 60.7 Å². The maximum atomic E-state index is 13.5. The Morgan fingerprint density at radius 2 is 1.85 bits per heavy atom. The second-order valence-corrected chi connectivity index (χ2v) is 9.21. The Bertz CT molecular complexity index is 1140. The molecule has 3 unspecified atom stereocenters. The number of amides is 3. The number of carbonyl (C=O) groups excluding carboxylic acids is 3. The lowest BCUT2D eigenvalue weighted by molar-refractivity contribution is -0.139. The number of benzene rings is 2. The van der Waals surface area contributed by atoms with Gasteiger partial charge in [-0.1, -0.05) is 30.4 Å². The van der Waals surface area contributed by atoms with E-state index >= 15 is 0 Å². The molecule has 2 aromatic carbocycles. The summed E-state index contributed by atoms with van der Waals surface area (Å²) in [4.78, 5) is 41.2. The SMILES string of the molecule is COc1cccc(CC2CCCN2C(=O)c2cccc(N3NC(=O)C4CC=CCC4C3=O)c2)c1. The Morgan fingerprint density at radius 1 is 1.06 bits per heavy atom. The number of hydrazine groups is 1. The number of methoxy groups -OCH3 is 1. The van der Waals surface area contributed by atoms with Gasteiger partial charge in [-0.25, -0.2) is 5.01 Å². The zero-order valence-electron chi connectivity index (χ0n) is 19.3. The largest absolute Gasteiger partial charge is 0.497 e. The van der Waals surface area contributed by atoms with Crippen LogP contribution in [0.4, 0.5) is 5.69 Å². The van der Waals surface area contributed by atoms with E-state index in [1.807, 2.05) is 35.3 Å². The van der Waals surface area contributed by atoms with Crippen LogP contribution in [0.1, 0.15) is 41.6 Å². The molecule has 3 atom stereocenters. The summed E-state index contributed by atoms with van der Waals surface area (Å²) in [6.45, 7) is 0.702. The smallest absolute Gasteiger partial charge is 0.254 e. The molecule has 7 nitrogen and oxygen atoms in total. The summed E-state index contributed by atoms with van der Waals surface area (Å²) in [5, 5.41) is 1.32. The van der Waals surface area contributed by atoms with Crippen LogP contribution in [0.25, 0.3) is 0 Å². The zero-order chi connectivity index (χ0) is 23.7. The van der Waals surface area contributed by atoms with Gasteiger partial charge in [-0.2, -0.15) is 0 Å². The molecule has 2 aliphatic heterocycles. The van der Waals surface area contributed by atoms with Crippen molar-refractivity contribution in [2.24, 2.45) is 11.8 Å². The molecule has 0 radical (unpaired) electrons. The van der Waals surface area contributed by atoms with E-state index in [0.29, 0.717) is 30.6 Å².